The molecule has 0 fully saturated rings. The van der Waals surface area contributed by atoms with E-state index in [9.17, 15) is 4.79 Å². The summed E-state index contributed by atoms with van der Waals surface area (Å²) in [7, 11) is 0. The average Bonchev–Trinajstić information content (AvgIpc) is 2.29. The first-order chi connectivity index (χ1) is 8.31. The lowest BCUT2D eigenvalue weighted by atomic mass is 9.92. The Labute approximate surface area is 117 Å². The molecule has 1 aromatic rings. The third-order valence-corrected chi connectivity index (χ3v) is 3.54. The second-order valence-electron chi connectivity index (χ2n) is 5.36. The van der Waals surface area contributed by atoms with Crippen molar-refractivity contribution in [2.75, 3.05) is 6.54 Å². The number of nitrogens with two attached hydrogens (primary N) is 1. The van der Waals surface area contributed by atoms with Crippen LogP contribution in [0.2, 0.25) is 0 Å². The van der Waals surface area contributed by atoms with Crippen molar-refractivity contribution in [1.82, 2.24) is 5.32 Å². The number of hydrogen-bond donors (Lipinski definition) is 2. The summed E-state index contributed by atoms with van der Waals surface area (Å²) < 4.78 is 1.08. The van der Waals surface area contributed by atoms with E-state index in [1.807, 2.05) is 26.0 Å². The molecule has 0 saturated carbocycles. The Hall–Kier alpha value is -0.870. The molecule has 18 heavy (non-hydrogen) atoms. The maximum Gasteiger partial charge on any atom is 0.224 e. The van der Waals surface area contributed by atoms with Gasteiger partial charge in [-0.3, -0.25) is 4.79 Å². The summed E-state index contributed by atoms with van der Waals surface area (Å²) in [5.41, 5.74) is 6.11. The predicted molar refractivity (Wildman–Crippen MR) is 78.3 cm³/mol. The number of nitrogens with one attached hydrogen (secondary N) is 1. The number of carbonyl (C=O) groups is 1. The molecule has 1 rings (SSSR count). The van der Waals surface area contributed by atoms with E-state index in [1.54, 1.807) is 0 Å². The molecule has 1 amide bonds. The molecule has 3 N–H and O–H groups in total. The fourth-order valence-corrected chi connectivity index (χ4v) is 1.83. The Morgan fingerprint density at radius 1 is 1.39 bits per heavy atom. The molecule has 1 aromatic carbocycles. The first-order valence-electron chi connectivity index (χ1n) is 6.09. The largest absolute Gasteiger partial charge is 0.369 e. The van der Waals surface area contributed by atoms with Gasteiger partial charge in [0, 0.05) is 17.1 Å². The molecule has 1 atom stereocenters. The van der Waals surface area contributed by atoms with Crippen LogP contribution in [0.15, 0.2) is 28.7 Å². The number of primary amides is 1. The van der Waals surface area contributed by atoms with Crippen LogP contribution in [0.4, 0.5) is 0 Å². The van der Waals surface area contributed by atoms with Gasteiger partial charge in [-0.15, -0.1) is 0 Å². The molecular formula is C14H21BrN2O. The summed E-state index contributed by atoms with van der Waals surface area (Å²) in [6.45, 7) is 6.42. The van der Waals surface area contributed by atoms with Gasteiger partial charge >= 0.3 is 0 Å². The van der Waals surface area contributed by atoms with Gasteiger partial charge < -0.3 is 11.1 Å². The zero-order valence-electron chi connectivity index (χ0n) is 11.2. The summed E-state index contributed by atoms with van der Waals surface area (Å²) in [5, 5.41) is 3.35. The molecule has 0 spiro atoms. The molecule has 0 aliphatic heterocycles. The highest BCUT2D eigenvalue weighted by atomic mass is 79.9. The van der Waals surface area contributed by atoms with Crippen LogP contribution in [0.25, 0.3) is 0 Å². The highest BCUT2D eigenvalue weighted by molar-refractivity contribution is 9.10. The summed E-state index contributed by atoms with van der Waals surface area (Å²) in [4.78, 5) is 11.2. The van der Waals surface area contributed by atoms with Gasteiger partial charge in [-0.05, 0) is 44.9 Å². The lowest BCUT2D eigenvalue weighted by Crippen LogP contribution is -2.43. The van der Waals surface area contributed by atoms with Crippen molar-refractivity contribution in [3.05, 3.63) is 34.3 Å². The average molecular weight is 313 g/mol. The van der Waals surface area contributed by atoms with E-state index < -0.39 is 5.41 Å². The maximum absolute atomic E-state index is 11.2. The van der Waals surface area contributed by atoms with E-state index in [2.05, 4.69) is 40.3 Å². The molecule has 4 heteroatoms. The molecule has 0 saturated heterocycles. The molecule has 0 heterocycles. The monoisotopic (exact) mass is 312 g/mol. The highest BCUT2D eigenvalue weighted by Gasteiger charge is 2.24. The van der Waals surface area contributed by atoms with Crippen molar-refractivity contribution in [3.63, 3.8) is 0 Å². The van der Waals surface area contributed by atoms with Crippen LogP contribution in [0, 0.1) is 5.41 Å². The van der Waals surface area contributed by atoms with Crippen LogP contribution < -0.4 is 11.1 Å². The van der Waals surface area contributed by atoms with Gasteiger partial charge in [-0.1, -0.05) is 28.1 Å². The van der Waals surface area contributed by atoms with Crippen LogP contribution in [-0.2, 0) is 11.2 Å². The van der Waals surface area contributed by atoms with Crippen LogP contribution in [-0.4, -0.2) is 18.5 Å². The van der Waals surface area contributed by atoms with Gasteiger partial charge in [0.1, 0.15) is 0 Å². The summed E-state index contributed by atoms with van der Waals surface area (Å²) in [6, 6.07) is 8.58. The number of amides is 1. The third kappa shape index (κ3) is 4.78. The van der Waals surface area contributed by atoms with Crippen molar-refractivity contribution in [1.29, 1.82) is 0 Å². The number of benzene rings is 1. The number of hydrogen-bond acceptors (Lipinski definition) is 2. The SMILES string of the molecule is CC(Cc1ccc(Br)cc1)NCC(C)(C)C(N)=O. The quantitative estimate of drug-likeness (QED) is 0.848. The van der Waals surface area contributed by atoms with Gasteiger partial charge in [0.25, 0.3) is 0 Å². The molecule has 1 unspecified atom stereocenters. The van der Waals surface area contributed by atoms with Gasteiger partial charge in [0.15, 0.2) is 0 Å². The standard InChI is InChI=1S/C14H21BrN2O/c1-10(17-9-14(2,3)13(16)18)8-11-4-6-12(15)7-5-11/h4-7,10,17H,8-9H2,1-3H3,(H2,16,18). The molecule has 100 valence electrons. The molecule has 0 aromatic heterocycles. The van der Waals surface area contributed by atoms with Crippen molar-refractivity contribution >= 4 is 21.8 Å². The summed E-state index contributed by atoms with van der Waals surface area (Å²) in [6.07, 6.45) is 0.933. The summed E-state index contributed by atoms with van der Waals surface area (Å²) in [5.74, 6) is -0.272. The van der Waals surface area contributed by atoms with Gasteiger partial charge in [0.05, 0.1) is 5.41 Å². The summed E-state index contributed by atoms with van der Waals surface area (Å²) >= 11 is 3.42. The molecule has 0 aliphatic carbocycles. The van der Waals surface area contributed by atoms with E-state index >= 15 is 0 Å². The van der Waals surface area contributed by atoms with Gasteiger partial charge in [-0.25, -0.2) is 0 Å². The van der Waals surface area contributed by atoms with Crippen molar-refractivity contribution < 1.29 is 4.79 Å². The minimum atomic E-state index is -0.506. The van der Waals surface area contributed by atoms with E-state index in [4.69, 9.17) is 5.73 Å². The lowest BCUT2D eigenvalue weighted by Gasteiger charge is -2.24. The van der Waals surface area contributed by atoms with Crippen molar-refractivity contribution in [2.24, 2.45) is 11.1 Å². The third-order valence-electron chi connectivity index (χ3n) is 3.01. The van der Waals surface area contributed by atoms with Gasteiger partial charge in [-0.2, -0.15) is 0 Å². The van der Waals surface area contributed by atoms with E-state index in [0.29, 0.717) is 12.6 Å². The Morgan fingerprint density at radius 2 is 1.94 bits per heavy atom. The molecule has 0 bridgehead atoms. The first-order valence-corrected chi connectivity index (χ1v) is 6.88. The molecule has 0 aliphatic rings. The second kappa shape index (κ2) is 6.34. The number of rotatable bonds is 6. The minimum Gasteiger partial charge on any atom is -0.369 e. The zero-order valence-corrected chi connectivity index (χ0v) is 12.8. The highest BCUT2D eigenvalue weighted by Crippen LogP contribution is 2.14. The fourth-order valence-electron chi connectivity index (χ4n) is 1.56. The van der Waals surface area contributed by atoms with E-state index in [0.717, 1.165) is 10.9 Å². The Morgan fingerprint density at radius 3 is 2.44 bits per heavy atom. The van der Waals surface area contributed by atoms with Crippen LogP contribution in [0.3, 0.4) is 0 Å². The molecule has 3 nitrogen and oxygen atoms in total. The van der Waals surface area contributed by atoms with E-state index in [1.165, 1.54) is 5.56 Å². The fraction of sp³-hybridized carbons (Fsp3) is 0.500. The number of halogens is 1. The Balaban J connectivity index is 2.45. The smallest absolute Gasteiger partial charge is 0.224 e. The van der Waals surface area contributed by atoms with Crippen molar-refractivity contribution in [3.8, 4) is 0 Å². The first kappa shape index (κ1) is 15.2. The van der Waals surface area contributed by atoms with Crippen molar-refractivity contribution in [2.45, 2.75) is 33.2 Å². The second-order valence-corrected chi connectivity index (χ2v) is 6.28. The van der Waals surface area contributed by atoms with Crippen LogP contribution in [0.1, 0.15) is 26.3 Å². The predicted octanol–water partition coefficient (Wildman–Crippen LogP) is 2.48. The maximum atomic E-state index is 11.2. The normalized spacial score (nSPS) is 13.3. The van der Waals surface area contributed by atoms with E-state index in [-0.39, 0.29) is 5.91 Å². The Bertz CT molecular complexity index is 401. The topological polar surface area (TPSA) is 55.1 Å². The number of carbonyl (C=O) groups excluding carboxylic acids is 1. The van der Waals surface area contributed by atoms with Crippen LogP contribution >= 0.6 is 15.9 Å². The Kier molecular flexibility index (Phi) is 5.35. The molecular weight excluding hydrogens is 292 g/mol. The zero-order chi connectivity index (χ0) is 13.8. The lowest BCUT2D eigenvalue weighted by molar-refractivity contribution is -0.125. The molecule has 0 radical (unpaired) electrons. The van der Waals surface area contributed by atoms with Gasteiger partial charge in [0.2, 0.25) is 5.91 Å². The van der Waals surface area contributed by atoms with Crippen LogP contribution in [0.5, 0.6) is 0 Å². The minimum absolute atomic E-state index is 0.272.